The maximum atomic E-state index is 13.2. The number of carbonyl (C=O) groups is 1. The van der Waals surface area contributed by atoms with Gasteiger partial charge in [0.1, 0.15) is 5.82 Å². The van der Waals surface area contributed by atoms with Crippen molar-refractivity contribution in [3.8, 4) is 0 Å². The van der Waals surface area contributed by atoms with Gasteiger partial charge in [-0.25, -0.2) is 9.37 Å². The molecule has 1 N–H and O–H groups in total. The number of benzene rings is 1. The van der Waals surface area contributed by atoms with E-state index in [1.54, 1.807) is 11.4 Å². The van der Waals surface area contributed by atoms with E-state index >= 15 is 0 Å². The van der Waals surface area contributed by atoms with Crippen molar-refractivity contribution in [2.75, 3.05) is 12.4 Å². The third-order valence-electron chi connectivity index (χ3n) is 2.55. The highest BCUT2D eigenvalue weighted by Crippen LogP contribution is 2.24. The third kappa shape index (κ3) is 3.51. The molecule has 19 heavy (non-hydrogen) atoms. The lowest BCUT2D eigenvalue weighted by molar-refractivity contribution is -0.139. The molecule has 1 aromatic heterocycles. The van der Waals surface area contributed by atoms with Crippen LogP contribution >= 0.6 is 11.3 Å². The third-order valence-corrected chi connectivity index (χ3v) is 3.35. The van der Waals surface area contributed by atoms with Crippen molar-refractivity contribution in [1.82, 2.24) is 4.98 Å². The highest BCUT2D eigenvalue weighted by atomic mass is 32.1. The first-order valence-corrected chi connectivity index (χ1v) is 6.51. The second kappa shape index (κ2) is 5.79. The van der Waals surface area contributed by atoms with Gasteiger partial charge in [-0.2, -0.15) is 0 Å². The van der Waals surface area contributed by atoms with Gasteiger partial charge < -0.3 is 10.1 Å². The summed E-state index contributed by atoms with van der Waals surface area (Å²) in [6.07, 6.45) is 0.136. The van der Waals surface area contributed by atoms with Gasteiger partial charge in [0, 0.05) is 11.1 Å². The van der Waals surface area contributed by atoms with Gasteiger partial charge in [0.05, 0.1) is 19.2 Å². The summed E-state index contributed by atoms with van der Waals surface area (Å²) >= 11 is 1.36. The number of halogens is 1. The first-order chi connectivity index (χ1) is 9.08. The van der Waals surface area contributed by atoms with E-state index in [1.807, 2.05) is 6.92 Å². The summed E-state index contributed by atoms with van der Waals surface area (Å²) in [7, 11) is 1.34. The normalized spacial score (nSPS) is 10.3. The summed E-state index contributed by atoms with van der Waals surface area (Å²) in [6.45, 7) is 1.88. The Labute approximate surface area is 114 Å². The number of thiazole rings is 1. The van der Waals surface area contributed by atoms with Crippen LogP contribution in [0.3, 0.4) is 0 Å². The topological polar surface area (TPSA) is 51.2 Å². The van der Waals surface area contributed by atoms with Crippen LogP contribution in [-0.4, -0.2) is 18.1 Å². The number of carbonyl (C=O) groups excluding carboxylic acids is 1. The zero-order chi connectivity index (χ0) is 13.8. The van der Waals surface area contributed by atoms with Gasteiger partial charge in [-0.1, -0.05) is 6.07 Å². The number of nitrogens with zero attached hydrogens (tertiary/aromatic N) is 1. The van der Waals surface area contributed by atoms with E-state index in [-0.39, 0.29) is 18.2 Å². The van der Waals surface area contributed by atoms with Crippen LogP contribution in [0.1, 0.15) is 11.3 Å². The minimum absolute atomic E-state index is 0.136. The summed E-state index contributed by atoms with van der Waals surface area (Å²) in [6, 6.07) is 4.52. The first kappa shape index (κ1) is 13.5. The van der Waals surface area contributed by atoms with Crippen LogP contribution in [0.4, 0.5) is 15.2 Å². The molecule has 0 radical (unpaired) electrons. The molecule has 0 saturated carbocycles. The fourth-order valence-corrected chi connectivity index (χ4v) is 2.23. The number of esters is 1. The van der Waals surface area contributed by atoms with Crippen molar-refractivity contribution in [2.45, 2.75) is 13.3 Å². The Morgan fingerprint density at radius 2 is 2.32 bits per heavy atom. The molecule has 0 unspecified atom stereocenters. The SMILES string of the molecule is COC(=O)Cc1csc(Nc2cc(F)ccc2C)n1. The maximum absolute atomic E-state index is 13.2. The van der Waals surface area contributed by atoms with Crippen LogP contribution in [0, 0.1) is 12.7 Å². The van der Waals surface area contributed by atoms with E-state index in [9.17, 15) is 9.18 Å². The van der Waals surface area contributed by atoms with E-state index < -0.39 is 0 Å². The van der Waals surface area contributed by atoms with Gasteiger partial charge in [-0.05, 0) is 24.6 Å². The number of hydrogen-bond acceptors (Lipinski definition) is 5. The zero-order valence-electron chi connectivity index (χ0n) is 10.6. The minimum atomic E-state index is -0.334. The molecule has 0 aliphatic carbocycles. The average molecular weight is 280 g/mol. The molecule has 6 heteroatoms. The molecule has 2 rings (SSSR count). The Balaban J connectivity index is 2.11. The predicted octanol–water partition coefficient (Wildman–Crippen LogP) is 3.05. The van der Waals surface area contributed by atoms with E-state index in [0.29, 0.717) is 16.5 Å². The monoisotopic (exact) mass is 280 g/mol. The number of aryl methyl sites for hydroxylation is 1. The lowest BCUT2D eigenvalue weighted by atomic mass is 10.2. The number of nitrogens with one attached hydrogen (secondary N) is 1. The number of aromatic nitrogens is 1. The molecule has 0 bridgehead atoms. The molecule has 100 valence electrons. The van der Waals surface area contributed by atoms with Gasteiger partial charge in [0.15, 0.2) is 5.13 Å². The molecule has 0 aliphatic rings. The quantitative estimate of drug-likeness (QED) is 0.875. The Morgan fingerprint density at radius 3 is 3.05 bits per heavy atom. The van der Waals surface area contributed by atoms with Crippen LogP contribution in [0.2, 0.25) is 0 Å². The summed E-state index contributed by atoms with van der Waals surface area (Å²) in [5.41, 5.74) is 2.22. The Hall–Kier alpha value is -1.95. The molecule has 4 nitrogen and oxygen atoms in total. The number of ether oxygens (including phenoxy) is 1. The average Bonchev–Trinajstić information content (AvgIpc) is 2.81. The molecule has 0 saturated heterocycles. The van der Waals surface area contributed by atoms with Crippen molar-refractivity contribution in [1.29, 1.82) is 0 Å². The van der Waals surface area contributed by atoms with E-state index in [4.69, 9.17) is 0 Å². The van der Waals surface area contributed by atoms with E-state index in [0.717, 1.165) is 5.56 Å². The van der Waals surface area contributed by atoms with Crippen molar-refractivity contribution in [2.24, 2.45) is 0 Å². The highest BCUT2D eigenvalue weighted by molar-refractivity contribution is 7.13. The number of methoxy groups -OCH3 is 1. The molecule has 0 spiro atoms. The summed E-state index contributed by atoms with van der Waals surface area (Å²) in [5, 5.41) is 5.43. The second-order valence-corrected chi connectivity index (χ2v) is 4.84. The van der Waals surface area contributed by atoms with Crippen molar-refractivity contribution >= 4 is 28.1 Å². The first-order valence-electron chi connectivity index (χ1n) is 5.63. The molecular weight excluding hydrogens is 267 g/mol. The van der Waals surface area contributed by atoms with E-state index in [2.05, 4.69) is 15.0 Å². The van der Waals surface area contributed by atoms with Gasteiger partial charge in [-0.3, -0.25) is 4.79 Å². The Morgan fingerprint density at radius 1 is 1.53 bits per heavy atom. The number of rotatable bonds is 4. The van der Waals surface area contributed by atoms with E-state index in [1.165, 1.54) is 30.6 Å². The van der Waals surface area contributed by atoms with Gasteiger partial charge in [-0.15, -0.1) is 11.3 Å². The molecule has 1 aromatic carbocycles. The molecule has 0 amide bonds. The minimum Gasteiger partial charge on any atom is -0.469 e. The van der Waals surface area contributed by atoms with Crippen LogP contribution in [0.5, 0.6) is 0 Å². The molecule has 1 heterocycles. The van der Waals surface area contributed by atoms with Gasteiger partial charge >= 0.3 is 5.97 Å². The van der Waals surface area contributed by atoms with Gasteiger partial charge in [0.25, 0.3) is 0 Å². The number of anilines is 2. The molecule has 0 fully saturated rings. The molecular formula is C13H13FN2O2S. The van der Waals surface area contributed by atoms with Crippen LogP contribution in [-0.2, 0) is 16.0 Å². The van der Waals surface area contributed by atoms with Crippen molar-refractivity contribution in [3.05, 3.63) is 40.7 Å². The van der Waals surface area contributed by atoms with Crippen LogP contribution < -0.4 is 5.32 Å². The summed E-state index contributed by atoms with van der Waals surface area (Å²) < 4.78 is 17.7. The lowest BCUT2D eigenvalue weighted by Gasteiger charge is -2.06. The standard InChI is InChI=1S/C13H13FN2O2S/c1-8-3-4-9(14)5-11(8)16-13-15-10(7-19-13)6-12(17)18-2/h3-5,7H,6H2,1-2H3,(H,15,16). The summed E-state index contributed by atoms with van der Waals surface area (Å²) in [5.74, 6) is -0.641. The zero-order valence-corrected chi connectivity index (χ0v) is 11.4. The second-order valence-electron chi connectivity index (χ2n) is 3.98. The van der Waals surface area contributed by atoms with Gasteiger partial charge in [0.2, 0.25) is 0 Å². The van der Waals surface area contributed by atoms with Crippen LogP contribution in [0.15, 0.2) is 23.6 Å². The maximum Gasteiger partial charge on any atom is 0.311 e. The smallest absolute Gasteiger partial charge is 0.311 e. The number of hydrogen-bond donors (Lipinski definition) is 1. The summed E-state index contributed by atoms with van der Waals surface area (Å²) in [4.78, 5) is 15.4. The highest BCUT2D eigenvalue weighted by Gasteiger charge is 2.08. The fourth-order valence-electron chi connectivity index (χ4n) is 1.51. The molecule has 0 aliphatic heterocycles. The van der Waals surface area contributed by atoms with Crippen molar-refractivity contribution in [3.63, 3.8) is 0 Å². The molecule has 0 atom stereocenters. The lowest BCUT2D eigenvalue weighted by Crippen LogP contribution is -2.04. The fraction of sp³-hybridized carbons (Fsp3) is 0.231. The predicted molar refractivity (Wildman–Crippen MR) is 72.3 cm³/mol. The van der Waals surface area contributed by atoms with Crippen molar-refractivity contribution < 1.29 is 13.9 Å². The van der Waals surface area contributed by atoms with Crippen LogP contribution in [0.25, 0.3) is 0 Å². The molecule has 2 aromatic rings. The largest absolute Gasteiger partial charge is 0.469 e. The Kier molecular flexibility index (Phi) is 4.11. The Bertz CT molecular complexity index is 598.